The maximum atomic E-state index is 4.20. The predicted octanol–water partition coefficient (Wildman–Crippen LogP) is 1.63. The number of hydrogen-bond donors (Lipinski definition) is 0. The Kier molecular flexibility index (Phi) is 1.45. The largest absolute Gasteiger partial charge is 0.295 e. The minimum atomic E-state index is 0.605. The van der Waals surface area contributed by atoms with E-state index in [9.17, 15) is 0 Å². The molecule has 1 heteroatoms. The van der Waals surface area contributed by atoms with Gasteiger partial charge in [0.2, 0.25) is 0 Å². The average Bonchev–Trinajstić information content (AvgIpc) is 1.69. The number of nitrogens with zero attached hydrogens (tertiary/aromatic N) is 1. The molecule has 0 spiro atoms. The summed E-state index contributed by atoms with van der Waals surface area (Å²) in [4.78, 5) is 4.20. The SMILES string of the molecule is C[C@@H]1CCCC=N1. The first-order valence-electron chi connectivity index (χ1n) is 2.91. The van der Waals surface area contributed by atoms with Gasteiger partial charge in [-0.2, -0.15) is 0 Å². The van der Waals surface area contributed by atoms with Gasteiger partial charge in [-0.25, -0.2) is 0 Å². The Bertz CT molecular complexity index is 76.2. The molecule has 0 saturated heterocycles. The van der Waals surface area contributed by atoms with Gasteiger partial charge in [0.05, 0.1) is 0 Å². The van der Waals surface area contributed by atoms with Gasteiger partial charge in [-0.1, -0.05) is 0 Å². The van der Waals surface area contributed by atoms with Crippen molar-refractivity contribution in [2.75, 3.05) is 0 Å². The lowest BCUT2D eigenvalue weighted by Gasteiger charge is -2.08. The molecule has 0 amide bonds. The first kappa shape index (κ1) is 4.82. The van der Waals surface area contributed by atoms with Crippen molar-refractivity contribution in [2.24, 2.45) is 4.99 Å². The second kappa shape index (κ2) is 2.10. The van der Waals surface area contributed by atoms with E-state index in [1.54, 1.807) is 0 Å². The molecular weight excluding hydrogens is 86.1 g/mol. The third kappa shape index (κ3) is 1.30. The summed E-state index contributed by atoms with van der Waals surface area (Å²) in [6, 6.07) is 0.605. The van der Waals surface area contributed by atoms with Crippen LogP contribution in [0, 0.1) is 0 Å². The number of aliphatic imine (C=N–C) groups is 1. The van der Waals surface area contributed by atoms with E-state index in [2.05, 4.69) is 11.9 Å². The molecule has 1 nitrogen and oxygen atoms in total. The zero-order valence-electron chi connectivity index (χ0n) is 4.72. The van der Waals surface area contributed by atoms with E-state index < -0.39 is 0 Å². The quantitative estimate of drug-likeness (QED) is 0.435. The van der Waals surface area contributed by atoms with Crippen LogP contribution in [0.5, 0.6) is 0 Å². The van der Waals surface area contributed by atoms with Crippen LogP contribution in [0.15, 0.2) is 4.99 Å². The number of hydrogen-bond acceptors (Lipinski definition) is 1. The summed E-state index contributed by atoms with van der Waals surface area (Å²) in [7, 11) is 0. The van der Waals surface area contributed by atoms with Crippen LogP contribution in [0.4, 0.5) is 0 Å². The third-order valence-corrected chi connectivity index (χ3v) is 1.32. The summed E-state index contributed by atoms with van der Waals surface area (Å²) < 4.78 is 0. The minimum Gasteiger partial charge on any atom is -0.295 e. The van der Waals surface area contributed by atoms with Crippen molar-refractivity contribution < 1.29 is 0 Å². The minimum absolute atomic E-state index is 0.605. The summed E-state index contributed by atoms with van der Waals surface area (Å²) >= 11 is 0. The van der Waals surface area contributed by atoms with Crippen LogP contribution < -0.4 is 0 Å². The Labute approximate surface area is 44.5 Å². The summed E-state index contributed by atoms with van der Waals surface area (Å²) in [6.45, 7) is 2.16. The predicted molar refractivity (Wildman–Crippen MR) is 31.8 cm³/mol. The molecule has 0 aromatic carbocycles. The fourth-order valence-electron chi connectivity index (χ4n) is 0.834. The molecule has 1 aliphatic rings. The van der Waals surface area contributed by atoms with E-state index in [-0.39, 0.29) is 0 Å². The van der Waals surface area contributed by atoms with Crippen LogP contribution in [0.3, 0.4) is 0 Å². The highest BCUT2D eigenvalue weighted by Crippen LogP contribution is 2.07. The Morgan fingerprint density at radius 3 is 2.86 bits per heavy atom. The van der Waals surface area contributed by atoms with Crippen molar-refractivity contribution in [3.63, 3.8) is 0 Å². The molecule has 0 aromatic rings. The molecule has 1 atom stereocenters. The van der Waals surface area contributed by atoms with E-state index >= 15 is 0 Å². The van der Waals surface area contributed by atoms with E-state index in [0.717, 1.165) is 0 Å². The summed E-state index contributed by atoms with van der Waals surface area (Å²) in [5.41, 5.74) is 0. The highest BCUT2D eigenvalue weighted by molar-refractivity contribution is 5.58. The maximum absolute atomic E-state index is 4.20. The van der Waals surface area contributed by atoms with Gasteiger partial charge in [0.1, 0.15) is 0 Å². The molecule has 1 rings (SSSR count). The van der Waals surface area contributed by atoms with Crippen molar-refractivity contribution in [1.29, 1.82) is 0 Å². The lowest BCUT2D eigenvalue weighted by Crippen LogP contribution is -2.02. The summed E-state index contributed by atoms with van der Waals surface area (Å²) in [5.74, 6) is 0. The molecule has 0 radical (unpaired) electrons. The highest BCUT2D eigenvalue weighted by Gasteiger charge is 1.99. The van der Waals surface area contributed by atoms with Gasteiger partial charge in [-0.3, -0.25) is 4.99 Å². The molecule has 0 unspecified atom stereocenters. The smallest absolute Gasteiger partial charge is 0.0467 e. The molecule has 0 N–H and O–H groups in total. The van der Waals surface area contributed by atoms with Crippen LogP contribution in [0.2, 0.25) is 0 Å². The molecule has 0 saturated carbocycles. The molecule has 1 aliphatic heterocycles. The molecular formula is C6H11N. The van der Waals surface area contributed by atoms with Crippen LogP contribution in [-0.2, 0) is 0 Å². The second-order valence-corrected chi connectivity index (χ2v) is 2.11. The Morgan fingerprint density at radius 1 is 1.71 bits per heavy atom. The zero-order chi connectivity index (χ0) is 5.11. The van der Waals surface area contributed by atoms with Gasteiger partial charge in [0, 0.05) is 6.04 Å². The van der Waals surface area contributed by atoms with Crippen molar-refractivity contribution in [3.05, 3.63) is 0 Å². The zero-order valence-corrected chi connectivity index (χ0v) is 4.72. The molecule has 0 fully saturated rings. The third-order valence-electron chi connectivity index (χ3n) is 1.32. The van der Waals surface area contributed by atoms with E-state index in [1.807, 2.05) is 6.21 Å². The summed E-state index contributed by atoms with van der Waals surface area (Å²) in [5, 5.41) is 0. The van der Waals surface area contributed by atoms with Crippen LogP contribution >= 0.6 is 0 Å². The summed E-state index contributed by atoms with van der Waals surface area (Å²) in [6.07, 6.45) is 5.86. The topological polar surface area (TPSA) is 12.4 Å². The molecule has 0 aromatic heterocycles. The van der Waals surface area contributed by atoms with Gasteiger partial charge in [-0.15, -0.1) is 0 Å². The second-order valence-electron chi connectivity index (χ2n) is 2.11. The van der Waals surface area contributed by atoms with Crippen molar-refractivity contribution in [3.8, 4) is 0 Å². The van der Waals surface area contributed by atoms with Gasteiger partial charge in [0.15, 0.2) is 0 Å². The lowest BCUT2D eigenvalue weighted by molar-refractivity contribution is 0.617. The van der Waals surface area contributed by atoms with Gasteiger partial charge in [-0.05, 0) is 32.4 Å². The Hall–Kier alpha value is -0.330. The van der Waals surface area contributed by atoms with Gasteiger partial charge in [0.25, 0.3) is 0 Å². The van der Waals surface area contributed by atoms with Crippen LogP contribution in [-0.4, -0.2) is 12.3 Å². The van der Waals surface area contributed by atoms with E-state index in [0.29, 0.717) is 6.04 Å². The van der Waals surface area contributed by atoms with Crippen LogP contribution in [0.1, 0.15) is 26.2 Å². The molecule has 1 heterocycles. The monoisotopic (exact) mass is 97.1 g/mol. The van der Waals surface area contributed by atoms with Crippen molar-refractivity contribution in [2.45, 2.75) is 32.2 Å². The standard InChI is InChI=1S/C6H11N/c1-6-4-2-3-5-7-6/h5-6H,2-4H2,1H3/t6-/m1/s1. The molecule has 0 aliphatic carbocycles. The molecule has 7 heavy (non-hydrogen) atoms. The van der Waals surface area contributed by atoms with E-state index in [1.165, 1.54) is 19.3 Å². The first-order valence-corrected chi connectivity index (χ1v) is 2.91. The molecule has 0 bridgehead atoms. The maximum Gasteiger partial charge on any atom is 0.0467 e. The Morgan fingerprint density at radius 2 is 2.57 bits per heavy atom. The van der Waals surface area contributed by atoms with Crippen molar-refractivity contribution in [1.82, 2.24) is 0 Å². The van der Waals surface area contributed by atoms with Gasteiger partial charge < -0.3 is 0 Å². The lowest BCUT2D eigenvalue weighted by atomic mass is 10.1. The highest BCUT2D eigenvalue weighted by atomic mass is 14.8. The fraction of sp³-hybridized carbons (Fsp3) is 0.833. The Balaban J connectivity index is 2.36. The van der Waals surface area contributed by atoms with E-state index in [4.69, 9.17) is 0 Å². The van der Waals surface area contributed by atoms with Gasteiger partial charge >= 0.3 is 0 Å². The average molecular weight is 97.2 g/mol. The van der Waals surface area contributed by atoms with Crippen molar-refractivity contribution >= 4 is 6.21 Å². The van der Waals surface area contributed by atoms with Crippen LogP contribution in [0.25, 0.3) is 0 Å². The molecule has 40 valence electrons. The normalized spacial score (nSPS) is 30.7. The fourth-order valence-corrected chi connectivity index (χ4v) is 0.834. The first-order chi connectivity index (χ1) is 3.39. The number of rotatable bonds is 0.